The van der Waals surface area contributed by atoms with Gasteiger partial charge in [0.15, 0.2) is 0 Å². The SMILES string of the molecule is C=CCN1C(=O)NC(=O)/C(=C/c2cc(Br)c(OCc3ccccc3Cl)c(Br)c2)C1=O. The maximum atomic E-state index is 12.5. The summed E-state index contributed by atoms with van der Waals surface area (Å²) in [5.41, 5.74) is 1.24. The van der Waals surface area contributed by atoms with E-state index < -0.39 is 17.8 Å². The van der Waals surface area contributed by atoms with Gasteiger partial charge in [-0.2, -0.15) is 0 Å². The van der Waals surface area contributed by atoms with Gasteiger partial charge in [-0.1, -0.05) is 35.9 Å². The fraction of sp³-hybridized carbons (Fsp3) is 0.0952. The molecule has 0 unspecified atom stereocenters. The van der Waals surface area contributed by atoms with Crippen LogP contribution in [0.4, 0.5) is 4.79 Å². The van der Waals surface area contributed by atoms with E-state index in [9.17, 15) is 14.4 Å². The first-order chi connectivity index (χ1) is 14.3. The molecule has 0 atom stereocenters. The third kappa shape index (κ3) is 4.83. The fourth-order valence-corrected chi connectivity index (χ4v) is 4.36. The van der Waals surface area contributed by atoms with E-state index in [2.05, 4.69) is 43.8 Å². The van der Waals surface area contributed by atoms with Gasteiger partial charge in [0.05, 0.1) is 8.95 Å². The van der Waals surface area contributed by atoms with Gasteiger partial charge >= 0.3 is 6.03 Å². The van der Waals surface area contributed by atoms with Crippen LogP contribution in [-0.4, -0.2) is 29.3 Å². The molecule has 6 nitrogen and oxygen atoms in total. The lowest BCUT2D eigenvalue weighted by molar-refractivity contribution is -0.129. The molecule has 0 spiro atoms. The number of nitrogens with one attached hydrogen (secondary N) is 1. The van der Waals surface area contributed by atoms with E-state index in [0.29, 0.717) is 25.3 Å². The van der Waals surface area contributed by atoms with E-state index in [4.69, 9.17) is 16.3 Å². The molecule has 2 aromatic rings. The Morgan fingerprint density at radius 3 is 2.43 bits per heavy atom. The van der Waals surface area contributed by atoms with E-state index >= 15 is 0 Å². The summed E-state index contributed by atoms with van der Waals surface area (Å²) in [7, 11) is 0. The van der Waals surface area contributed by atoms with E-state index in [-0.39, 0.29) is 18.7 Å². The molecule has 1 aliphatic heterocycles. The van der Waals surface area contributed by atoms with Crippen molar-refractivity contribution in [2.24, 2.45) is 0 Å². The van der Waals surface area contributed by atoms with Crippen molar-refractivity contribution >= 4 is 67.4 Å². The van der Waals surface area contributed by atoms with Gasteiger partial charge in [0.1, 0.15) is 17.9 Å². The molecule has 1 aliphatic rings. The third-order valence-electron chi connectivity index (χ3n) is 4.16. The van der Waals surface area contributed by atoms with Gasteiger partial charge in [0.25, 0.3) is 11.8 Å². The average molecular weight is 555 g/mol. The maximum absolute atomic E-state index is 12.5. The smallest absolute Gasteiger partial charge is 0.331 e. The van der Waals surface area contributed by atoms with Crippen molar-refractivity contribution in [3.8, 4) is 5.75 Å². The standard InChI is InChI=1S/C21H15Br2ClN2O4/c1-2-7-26-20(28)14(19(27)25-21(26)29)8-12-9-15(22)18(16(23)10-12)30-11-13-5-3-4-6-17(13)24/h2-6,8-10H,1,7,11H2,(H,25,27,29)/b14-8-. The Kier molecular flexibility index (Phi) is 7.12. The molecule has 1 saturated heterocycles. The van der Waals surface area contributed by atoms with Crippen molar-refractivity contribution in [3.05, 3.63) is 79.7 Å². The minimum atomic E-state index is -0.771. The molecule has 154 valence electrons. The number of nitrogens with zero attached hydrogens (tertiary/aromatic N) is 1. The molecule has 3 rings (SSSR count). The summed E-state index contributed by atoms with van der Waals surface area (Å²) in [5.74, 6) is -0.897. The lowest BCUT2D eigenvalue weighted by Crippen LogP contribution is -2.54. The lowest BCUT2D eigenvalue weighted by atomic mass is 10.1. The quantitative estimate of drug-likeness (QED) is 0.307. The molecule has 0 bridgehead atoms. The largest absolute Gasteiger partial charge is 0.486 e. The number of halogens is 3. The molecular formula is C21H15Br2ClN2O4. The van der Waals surface area contributed by atoms with Gasteiger partial charge in [-0.15, -0.1) is 6.58 Å². The highest BCUT2D eigenvalue weighted by atomic mass is 79.9. The summed E-state index contributed by atoms with van der Waals surface area (Å²) in [5, 5.41) is 2.75. The van der Waals surface area contributed by atoms with Crippen molar-refractivity contribution in [1.29, 1.82) is 0 Å². The topological polar surface area (TPSA) is 75.7 Å². The van der Waals surface area contributed by atoms with Crippen LogP contribution in [0.25, 0.3) is 6.08 Å². The van der Waals surface area contributed by atoms with Gasteiger partial charge in [0.2, 0.25) is 0 Å². The first-order valence-electron chi connectivity index (χ1n) is 8.67. The number of rotatable bonds is 6. The van der Waals surface area contributed by atoms with Gasteiger partial charge in [-0.3, -0.25) is 19.8 Å². The van der Waals surface area contributed by atoms with Crippen LogP contribution in [0.15, 0.2) is 63.6 Å². The van der Waals surface area contributed by atoms with Crippen LogP contribution in [-0.2, 0) is 16.2 Å². The summed E-state index contributed by atoms with van der Waals surface area (Å²) in [6.45, 7) is 3.77. The predicted molar refractivity (Wildman–Crippen MR) is 121 cm³/mol. The van der Waals surface area contributed by atoms with Crippen LogP contribution in [0, 0.1) is 0 Å². The number of imide groups is 2. The van der Waals surface area contributed by atoms with Gasteiger partial charge < -0.3 is 4.74 Å². The summed E-state index contributed by atoms with van der Waals surface area (Å²) in [4.78, 5) is 37.4. The number of amides is 4. The number of barbiturate groups is 1. The predicted octanol–water partition coefficient (Wildman–Crippen LogP) is 5.09. The molecule has 0 radical (unpaired) electrons. The second-order valence-corrected chi connectivity index (χ2v) is 8.33. The Balaban J connectivity index is 1.86. The summed E-state index contributed by atoms with van der Waals surface area (Å²) >= 11 is 13.1. The molecule has 0 saturated carbocycles. The third-order valence-corrected chi connectivity index (χ3v) is 5.71. The lowest BCUT2D eigenvalue weighted by Gasteiger charge is -2.25. The van der Waals surface area contributed by atoms with Crippen LogP contribution in [0.1, 0.15) is 11.1 Å². The highest BCUT2D eigenvalue weighted by Gasteiger charge is 2.34. The van der Waals surface area contributed by atoms with Crippen LogP contribution in [0.2, 0.25) is 5.02 Å². The Hall–Kier alpha value is -2.42. The van der Waals surface area contributed by atoms with Crippen molar-refractivity contribution in [3.63, 3.8) is 0 Å². The highest BCUT2D eigenvalue weighted by molar-refractivity contribution is 9.11. The normalized spacial score (nSPS) is 15.4. The van der Waals surface area contributed by atoms with Crippen molar-refractivity contribution in [2.45, 2.75) is 6.61 Å². The number of benzene rings is 2. The number of ether oxygens (including phenoxy) is 1. The number of urea groups is 1. The van der Waals surface area contributed by atoms with Crippen LogP contribution < -0.4 is 10.1 Å². The molecule has 1 heterocycles. The van der Waals surface area contributed by atoms with Gasteiger partial charge in [-0.25, -0.2) is 4.79 Å². The minimum absolute atomic E-state index is 0.00248. The summed E-state index contributed by atoms with van der Waals surface area (Å²) in [6.07, 6.45) is 2.82. The minimum Gasteiger partial charge on any atom is -0.486 e. The Labute approximate surface area is 194 Å². The van der Waals surface area contributed by atoms with Crippen LogP contribution in [0.3, 0.4) is 0 Å². The highest BCUT2D eigenvalue weighted by Crippen LogP contribution is 2.36. The second-order valence-electron chi connectivity index (χ2n) is 6.22. The molecule has 0 aliphatic carbocycles. The molecule has 1 N–H and O–H groups in total. The zero-order valence-corrected chi connectivity index (χ0v) is 19.4. The molecule has 1 fully saturated rings. The van der Waals surface area contributed by atoms with Crippen molar-refractivity contribution in [2.75, 3.05) is 6.54 Å². The summed E-state index contributed by atoms with van der Waals surface area (Å²) < 4.78 is 7.10. The zero-order valence-electron chi connectivity index (χ0n) is 15.5. The van der Waals surface area contributed by atoms with Gasteiger partial charge in [0, 0.05) is 17.1 Å². The van der Waals surface area contributed by atoms with E-state index in [0.717, 1.165) is 10.5 Å². The summed E-state index contributed by atoms with van der Waals surface area (Å²) in [6, 6.07) is 10.00. The zero-order chi connectivity index (χ0) is 21.8. The first-order valence-corrected chi connectivity index (χ1v) is 10.6. The van der Waals surface area contributed by atoms with Crippen molar-refractivity contribution < 1.29 is 19.1 Å². The number of hydrogen-bond acceptors (Lipinski definition) is 4. The molecular weight excluding hydrogens is 540 g/mol. The molecule has 0 aromatic heterocycles. The molecule has 2 aromatic carbocycles. The van der Waals surface area contributed by atoms with Gasteiger partial charge in [-0.05, 0) is 61.7 Å². The Bertz CT molecular complexity index is 1060. The average Bonchev–Trinajstić information content (AvgIpc) is 2.69. The number of hydrogen-bond donors (Lipinski definition) is 1. The molecule has 4 amide bonds. The Morgan fingerprint density at radius 1 is 1.13 bits per heavy atom. The van der Waals surface area contributed by atoms with Crippen LogP contribution in [0.5, 0.6) is 5.75 Å². The second kappa shape index (κ2) is 9.59. The van der Waals surface area contributed by atoms with E-state index in [1.165, 1.54) is 12.2 Å². The van der Waals surface area contributed by atoms with E-state index in [1.807, 2.05) is 18.2 Å². The van der Waals surface area contributed by atoms with E-state index in [1.54, 1.807) is 18.2 Å². The molecule has 9 heteroatoms. The first kappa shape index (κ1) is 22.3. The van der Waals surface area contributed by atoms with Crippen molar-refractivity contribution in [1.82, 2.24) is 10.2 Å². The molecule has 30 heavy (non-hydrogen) atoms. The fourth-order valence-electron chi connectivity index (χ4n) is 2.72. The Morgan fingerprint density at radius 2 is 1.80 bits per heavy atom. The number of carbonyl (C=O) groups excluding carboxylic acids is 3. The van der Waals surface area contributed by atoms with Crippen LogP contribution >= 0.6 is 43.5 Å². The number of carbonyl (C=O) groups is 3. The maximum Gasteiger partial charge on any atom is 0.331 e. The monoisotopic (exact) mass is 552 g/mol.